The van der Waals surface area contributed by atoms with Crippen molar-refractivity contribution < 1.29 is 14.7 Å². The van der Waals surface area contributed by atoms with Crippen LogP contribution >= 0.6 is 0 Å². The Balaban J connectivity index is 2.07. The van der Waals surface area contributed by atoms with E-state index >= 15 is 0 Å². The molecule has 1 aromatic rings. The molecule has 2 heterocycles. The van der Waals surface area contributed by atoms with Crippen molar-refractivity contribution in [2.45, 2.75) is 19.4 Å². The summed E-state index contributed by atoms with van der Waals surface area (Å²) in [6.45, 7) is 2.43. The molecular weight excluding hydrogens is 246 g/mol. The molecule has 0 aliphatic carbocycles. The predicted molar refractivity (Wildman–Crippen MR) is 71.1 cm³/mol. The lowest BCUT2D eigenvalue weighted by Crippen LogP contribution is -2.33. The molecule has 0 amide bonds. The van der Waals surface area contributed by atoms with Crippen LogP contribution in [0.15, 0.2) is 17.4 Å². The summed E-state index contributed by atoms with van der Waals surface area (Å²) >= 11 is 0. The van der Waals surface area contributed by atoms with Crippen molar-refractivity contribution in [2.75, 3.05) is 27.3 Å². The van der Waals surface area contributed by atoms with E-state index in [1.54, 1.807) is 26.5 Å². The second-order valence-corrected chi connectivity index (χ2v) is 4.44. The number of piperidine rings is 1. The maximum Gasteiger partial charge on any atom is 0.183 e. The van der Waals surface area contributed by atoms with Crippen LogP contribution < -0.4 is 9.47 Å². The zero-order valence-electron chi connectivity index (χ0n) is 11.3. The fourth-order valence-corrected chi connectivity index (χ4v) is 2.24. The number of ether oxygens (including phenoxy) is 2. The normalized spacial score (nSPS) is 16.2. The largest absolute Gasteiger partial charge is 0.493 e. The van der Waals surface area contributed by atoms with Gasteiger partial charge in [-0.3, -0.25) is 9.88 Å². The third-order valence-corrected chi connectivity index (χ3v) is 3.31. The molecule has 2 rings (SSSR count). The van der Waals surface area contributed by atoms with Crippen molar-refractivity contribution in [3.8, 4) is 11.5 Å². The Labute approximate surface area is 112 Å². The highest BCUT2D eigenvalue weighted by Crippen LogP contribution is 2.30. The van der Waals surface area contributed by atoms with Gasteiger partial charge in [0.1, 0.15) is 5.69 Å². The smallest absolute Gasteiger partial charge is 0.183 e. The lowest BCUT2D eigenvalue weighted by atomic mass is 10.1. The molecule has 0 radical (unpaired) electrons. The van der Waals surface area contributed by atoms with Crippen LogP contribution in [0.3, 0.4) is 0 Å². The van der Waals surface area contributed by atoms with Crippen LogP contribution in [-0.4, -0.2) is 48.1 Å². The summed E-state index contributed by atoms with van der Waals surface area (Å²) in [4.78, 5) is 6.63. The zero-order chi connectivity index (χ0) is 13.7. The molecule has 0 spiro atoms. The molecule has 0 aromatic carbocycles. The second-order valence-electron chi connectivity index (χ2n) is 4.44. The Kier molecular flexibility index (Phi) is 4.57. The van der Waals surface area contributed by atoms with Gasteiger partial charge in [0, 0.05) is 44.7 Å². The SMILES string of the molecule is COc1ccnc(CN2CCC(=NO)CC2)c1OC. The highest BCUT2D eigenvalue weighted by Gasteiger charge is 2.19. The van der Waals surface area contributed by atoms with E-state index in [4.69, 9.17) is 14.7 Å². The standard InChI is InChI=1S/C13H19N3O3/c1-18-12-3-6-14-11(13(12)19-2)9-16-7-4-10(15-17)5-8-16/h3,6,17H,4-5,7-9H2,1-2H3. The topological polar surface area (TPSA) is 67.2 Å². The molecule has 1 aliphatic rings. The van der Waals surface area contributed by atoms with E-state index in [1.807, 2.05) is 0 Å². The maximum atomic E-state index is 8.74. The first-order valence-electron chi connectivity index (χ1n) is 6.26. The number of pyridine rings is 1. The molecule has 6 nitrogen and oxygen atoms in total. The Hall–Kier alpha value is -1.82. The van der Waals surface area contributed by atoms with Gasteiger partial charge in [0.2, 0.25) is 0 Å². The summed E-state index contributed by atoms with van der Waals surface area (Å²) < 4.78 is 10.6. The molecule has 1 N–H and O–H groups in total. The molecule has 6 heteroatoms. The van der Waals surface area contributed by atoms with Crippen LogP contribution in [0.2, 0.25) is 0 Å². The molecular formula is C13H19N3O3. The van der Waals surface area contributed by atoms with E-state index in [0.29, 0.717) is 18.0 Å². The monoisotopic (exact) mass is 265 g/mol. The molecule has 1 saturated heterocycles. The summed E-state index contributed by atoms with van der Waals surface area (Å²) in [6, 6.07) is 1.79. The lowest BCUT2D eigenvalue weighted by molar-refractivity contribution is 0.248. The van der Waals surface area contributed by atoms with Gasteiger partial charge in [-0.2, -0.15) is 0 Å². The number of aromatic nitrogens is 1. The summed E-state index contributed by atoms with van der Waals surface area (Å²) in [5.41, 5.74) is 1.73. The van der Waals surface area contributed by atoms with E-state index in [2.05, 4.69) is 15.0 Å². The quantitative estimate of drug-likeness (QED) is 0.660. The fraction of sp³-hybridized carbons (Fsp3) is 0.538. The minimum atomic E-state index is 0.687. The highest BCUT2D eigenvalue weighted by atomic mass is 16.5. The van der Waals surface area contributed by atoms with Crippen molar-refractivity contribution in [3.05, 3.63) is 18.0 Å². The number of likely N-dealkylation sites (tertiary alicyclic amines) is 1. The summed E-state index contributed by atoms with van der Waals surface area (Å²) in [5.74, 6) is 1.38. The van der Waals surface area contributed by atoms with Gasteiger partial charge in [-0.1, -0.05) is 5.16 Å². The minimum Gasteiger partial charge on any atom is -0.493 e. The number of hydrogen-bond acceptors (Lipinski definition) is 6. The van der Waals surface area contributed by atoms with Crippen LogP contribution in [0, 0.1) is 0 Å². The summed E-state index contributed by atoms with van der Waals surface area (Å²) in [6.07, 6.45) is 3.31. The first kappa shape index (κ1) is 13.6. The summed E-state index contributed by atoms with van der Waals surface area (Å²) in [7, 11) is 3.24. The number of methoxy groups -OCH3 is 2. The van der Waals surface area contributed by atoms with Crippen molar-refractivity contribution >= 4 is 5.71 Å². The lowest BCUT2D eigenvalue weighted by Gasteiger charge is -2.27. The van der Waals surface area contributed by atoms with Crippen LogP contribution in [-0.2, 0) is 6.54 Å². The van der Waals surface area contributed by atoms with Gasteiger partial charge in [0.05, 0.1) is 19.9 Å². The number of hydrogen-bond donors (Lipinski definition) is 1. The first-order valence-corrected chi connectivity index (χ1v) is 6.26. The van der Waals surface area contributed by atoms with Crippen molar-refractivity contribution in [3.63, 3.8) is 0 Å². The van der Waals surface area contributed by atoms with Crippen LogP contribution in [0.1, 0.15) is 18.5 Å². The molecule has 1 aromatic heterocycles. The average molecular weight is 265 g/mol. The summed E-state index contributed by atoms with van der Waals surface area (Å²) in [5, 5.41) is 12.0. The number of oxime groups is 1. The van der Waals surface area contributed by atoms with Crippen LogP contribution in [0.5, 0.6) is 11.5 Å². The first-order chi connectivity index (χ1) is 9.28. The predicted octanol–water partition coefficient (Wildman–Crippen LogP) is 1.52. The number of rotatable bonds is 4. The highest BCUT2D eigenvalue weighted by molar-refractivity contribution is 5.84. The maximum absolute atomic E-state index is 8.74. The van der Waals surface area contributed by atoms with E-state index < -0.39 is 0 Å². The van der Waals surface area contributed by atoms with E-state index in [1.165, 1.54) is 0 Å². The fourth-order valence-electron chi connectivity index (χ4n) is 2.24. The molecule has 1 fully saturated rings. The average Bonchev–Trinajstić information content (AvgIpc) is 2.47. The Morgan fingerprint density at radius 2 is 2.05 bits per heavy atom. The molecule has 0 bridgehead atoms. The zero-order valence-corrected chi connectivity index (χ0v) is 11.3. The van der Waals surface area contributed by atoms with Gasteiger partial charge in [-0.25, -0.2) is 0 Å². The second kappa shape index (κ2) is 6.38. The van der Waals surface area contributed by atoms with Gasteiger partial charge in [0.15, 0.2) is 11.5 Å². The molecule has 104 valence electrons. The van der Waals surface area contributed by atoms with Crippen molar-refractivity contribution in [2.24, 2.45) is 5.16 Å². The van der Waals surface area contributed by atoms with E-state index in [-0.39, 0.29) is 0 Å². The molecule has 0 unspecified atom stereocenters. The molecule has 19 heavy (non-hydrogen) atoms. The van der Waals surface area contributed by atoms with Crippen LogP contribution in [0.4, 0.5) is 0 Å². The van der Waals surface area contributed by atoms with Gasteiger partial charge < -0.3 is 14.7 Å². The van der Waals surface area contributed by atoms with E-state index in [9.17, 15) is 0 Å². The van der Waals surface area contributed by atoms with Crippen LogP contribution in [0.25, 0.3) is 0 Å². The molecule has 1 aliphatic heterocycles. The van der Waals surface area contributed by atoms with Gasteiger partial charge >= 0.3 is 0 Å². The third-order valence-electron chi connectivity index (χ3n) is 3.31. The van der Waals surface area contributed by atoms with Crippen molar-refractivity contribution in [1.29, 1.82) is 0 Å². The Morgan fingerprint density at radius 1 is 1.32 bits per heavy atom. The Morgan fingerprint density at radius 3 is 2.63 bits per heavy atom. The van der Waals surface area contributed by atoms with Gasteiger partial charge in [0.25, 0.3) is 0 Å². The van der Waals surface area contributed by atoms with E-state index in [0.717, 1.165) is 37.3 Å². The minimum absolute atomic E-state index is 0.687. The van der Waals surface area contributed by atoms with Crippen molar-refractivity contribution in [1.82, 2.24) is 9.88 Å². The van der Waals surface area contributed by atoms with Gasteiger partial charge in [-0.05, 0) is 0 Å². The molecule has 0 saturated carbocycles. The Bertz CT molecular complexity index is 452. The van der Waals surface area contributed by atoms with Gasteiger partial charge in [-0.15, -0.1) is 0 Å². The molecule has 0 atom stereocenters. The number of nitrogens with zero attached hydrogens (tertiary/aromatic N) is 3. The third kappa shape index (κ3) is 3.14.